The largest absolute Gasteiger partial charge is 0.316 e. The Bertz CT molecular complexity index is 885. The lowest BCUT2D eigenvalue weighted by Gasteiger charge is -2.22. The van der Waals surface area contributed by atoms with Gasteiger partial charge < -0.3 is 5.32 Å². The number of nitrogens with zero attached hydrogens (tertiary/aromatic N) is 3. The highest BCUT2D eigenvalue weighted by Crippen LogP contribution is 2.37. The molecule has 0 amide bonds. The summed E-state index contributed by atoms with van der Waals surface area (Å²) in [7, 11) is 0. The van der Waals surface area contributed by atoms with Crippen LogP contribution < -0.4 is 5.32 Å². The van der Waals surface area contributed by atoms with Crippen LogP contribution in [0.15, 0.2) is 54.0 Å². The van der Waals surface area contributed by atoms with Crippen molar-refractivity contribution < 1.29 is 0 Å². The SMILES string of the molecule is Cl.c1ccc(Cn2cc(CN3CCC4(CCNC4)C3)c(-c3cccs3)n2)cc1. The Morgan fingerprint density at radius 1 is 1.07 bits per heavy atom. The summed E-state index contributed by atoms with van der Waals surface area (Å²) in [6.45, 7) is 6.62. The third-order valence-corrected chi connectivity index (χ3v) is 6.90. The summed E-state index contributed by atoms with van der Waals surface area (Å²) in [5, 5.41) is 10.7. The number of rotatable bonds is 5. The van der Waals surface area contributed by atoms with Crippen molar-refractivity contribution in [1.82, 2.24) is 20.0 Å². The molecule has 2 saturated heterocycles. The van der Waals surface area contributed by atoms with Crippen LogP contribution in [-0.4, -0.2) is 40.9 Å². The van der Waals surface area contributed by atoms with Gasteiger partial charge in [0.15, 0.2) is 0 Å². The van der Waals surface area contributed by atoms with Gasteiger partial charge in [-0.1, -0.05) is 36.4 Å². The molecular weight excluding hydrogens is 388 g/mol. The van der Waals surface area contributed by atoms with Gasteiger partial charge in [0.2, 0.25) is 0 Å². The molecule has 6 heteroatoms. The Morgan fingerprint density at radius 3 is 2.71 bits per heavy atom. The van der Waals surface area contributed by atoms with Crippen molar-refractivity contribution in [3.8, 4) is 10.6 Å². The molecule has 1 N–H and O–H groups in total. The van der Waals surface area contributed by atoms with Gasteiger partial charge in [0, 0.05) is 31.4 Å². The van der Waals surface area contributed by atoms with Crippen LogP contribution in [0.1, 0.15) is 24.0 Å². The minimum Gasteiger partial charge on any atom is -0.316 e. The fraction of sp³-hybridized carbons (Fsp3) is 0.409. The quantitative estimate of drug-likeness (QED) is 0.676. The second kappa shape index (κ2) is 8.37. The van der Waals surface area contributed by atoms with Crippen molar-refractivity contribution in [3.05, 3.63) is 65.2 Å². The molecule has 0 aliphatic carbocycles. The second-order valence-electron chi connectivity index (χ2n) is 8.05. The van der Waals surface area contributed by atoms with Gasteiger partial charge in [-0.3, -0.25) is 9.58 Å². The van der Waals surface area contributed by atoms with E-state index in [2.05, 4.69) is 68.9 Å². The predicted molar refractivity (Wildman–Crippen MR) is 118 cm³/mol. The van der Waals surface area contributed by atoms with E-state index >= 15 is 0 Å². The van der Waals surface area contributed by atoms with Gasteiger partial charge in [-0.05, 0) is 48.4 Å². The molecule has 28 heavy (non-hydrogen) atoms. The topological polar surface area (TPSA) is 33.1 Å². The number of thiophene rings is 1. The summed E-state index contributed by atoms with van der Waals surface area (Å²) in [4.78, 5) is 3.90. The van der Waals surface area contributed by atoms with Gasteiger partial charge >= 0.3 is 0 Å². The molecule has 5 rings (SSSR count). The number of likely N-dealkylation sites (tertiary alicyclic amines) is 1. The Labute approximate surface area is 177 Å². The standard InChI is InChI=1S/C22H26N4S.ClH/c1-2-5-18(6-3-1)13-26-15-19(21(24-26)20-7-4-12-27-20)14-25-11-9-22(17-25)8-10-23-16-22;/h1-7,12,15,23H,8-11,13-14,16-17H2;1H. The summed E-state index contributed by atoms with van der Waals surface area (Å²) in [5.41, 5.74) is 4.33. The molecule has 2 fully saturated rings. The van der Waals surface area contributed by atoms with Gasteiger partial charge in [-0.15, -0.1) is 23.7 Å². The molecule has 4 heterocycles. The number of hydrogen-bond acceptors (Lipinski definition) is 4. The molecule has 0 saturated carbocycles. The summed E-state index contributed by atoms with van der Waals surface area (Å²) >= 11 is 1.78. The molecule has 2 aliphatic heterocycles. The van der Waals surface area contributed by atoms with E-state index in [0.717, 1.165) is 18.8 Å². The first-order chi connectivity index (χ1) is 13.3. The molecule has 0 radical (unpaired) electrons. The maximum Gasteiger partial charge on any atom is 0.107 e. The number of halogens is 1. The van der Waals surface area contributed by atoms with Crippen LogP contribution in [0.4, 0.5) is 0 Å². The molecule has 2 aliphatic rings. The third-order valence-electron chi connectivity index (χ3n) is 6.02. The Morgan fingerprint density at radius 2 is 1.96 bits per heavy atom. The zero-order chi connectivity index (χ0) is 18.1. The van der Waals surface area contributed by atoms with E-state index < -0.39 is 0 Å². The second-order valence-corrected chi connectivity index (χ2v) is 9.00. The van der Waals surface area contributed by atoms with Crippen molar-refractivity contribution >= 4 is 23.7 Å². The summed E-state index contributed by atoms with van der Waals surface area (Å²) in [6.07, 6.45) is 4.92. The first-order valence-corrected chi connectivity index (χ1v) is 10.7. The Kier molecular flexibility index (Phi) is 5.88. The zero-order valence-electron chi connectivity index (χ0n) is 16.0. The molecule has 2 aromatic heterocycles. The van der Waals surface area contributed by atoms with Gasteiger partial charge in [0.25, 0.3) is 0 Å². The molecule has 0 bridgehead atoms. The number of aromatic nitrogens is 2. The van der Waals surface area contributed by atoms with E-state index in [1.54, 1.807) is 11.3 Å². The Balaban J connectivity index is 0.00000192. The molecule has 1 unspecified atom stereocenters. The molecule has 1 aromatic carbocycles. The lowest BCUT2D eigenvalue weighted by molar-refractivity contribution is 0.269. The van der Waals surface area contributed by atoms with E-state index in [-0.39, 0.29) is 12.4 Å². The third kappa shape index (κ3) is 4.03. The summed E-state index contributed by atoms with van der Waals surface area (Å²) in [6, 6.07) is 14.9. The molecular formula is C22H27ClN4S. The smallest absolute Gasteiger partial charge is 0.107 e. The fourth-order valence-electron chi connectivity index (χ4n) is 4.60. The number of benzene rings is 1. The monoisotopic (exact) mass is 414 g/mol. The highest BCUT2D eigenvalue weighted by atomic mass is 35.5. The lowest BCUT2D eigenvalue weighted by Crippen LogP contribution is -2.29. The van der Waals surface area contributed by atoms with Gasteiger partial charge in [-0.25, -0.2) is 0 Å². The molecule has 1 atom stereocenters. The van der Waals surface area contributed by atoms with E-state index in [1.807, 2.05) is 0 Å². The van der Waals surface area contributed by atoms with E-state index in [9.17, 15) is 0 Å². The van der Waals surface area contributed by atoms with E-state index in [4.69, 9.17) is 5.10 Å². The van der Waals surface area contributed by atoms with Crippen molar-refractivity contribution in [3.63, 3.8) is 0 Å². The van der Waals surface area contributed by atoms with Gasteiger partial charge in [0.1, 0.15) is 5.69 Å². The minimum atomic E-state index is 0. The van der Waals surface area contributed by atoms with E-state index in [0.29, 0.717) is 5.41 Å². The Hall–Kier alpha value is -1.66. The van der Waals surface area contributed by atoms with Crippen LogP contribution in [0.2, 0.25) is 0 Å². The van der Waals surface area contributed by atoms with Gasteiger partial charge in [-0.2, -0.15) is 5.10 Å². The first kappa shape index (κ1) is 19.6. The van der Waals surface area contributed by atoms with Gasteiger partial charge in [0.05, 0.1) is 11.4 Å². The summed E-state index contributed by atoms with van der Waals surface area (Å²) in [5.74, 6) is 0. The van der Waals surface area contributed by atoms with Crippen LogP contribution in [0, 0.1) is 5.41 Å². The predicted octanol–water partition coefficient (Wildman–Crippen LogP) is 4.27. The fourth-order valence-corrected chi connectivity index (χ4v) is 5.34. The van der Waals surface area contributed by atoms with Crippen LogP contribution in [0.25, 0.3) is 10.6 Å². The van der Waals surface area contributed by atoms with Crippen molar-refractivity contribution in [1.29, 1.82) is 0 Å². The minimum absolute atomic E-state index is 0. The van der Waals surface area contributed by atoms with E-state index in [1.165, 1.54) is 55.0 Å². The van der Waals surface area contributed by atoms with Crippen LogP contribution >= 0.6 is 23.7 Å². The average Bonchev–Trinajstić information content (AvgIpc) is 3.47. The highest BCUT2D eigenvalue weighted by molar-refractivity contribution is 7.13. The number of hydrogen-bond donors (Lipinski definition) is 1. The van der Waals surface area contributed by atoms with Crippen LogP contribution in [0.5, 0.6) is 0 Å². The normalized spacial score (nSPS) is 22.0. The first-order valence-electron chi connectivity index (χ1n) is 9.87. The average molecular weight is 415 g/mol. The van der Waals surface area contributed by atoms with Crippen molar-refractivity contribution in [2.45, 2.75) is 25.9 Å². The van der Waals surface area contributed by atoms with Crippen molar-refractivity contribution in [2.75, 3.05) is 26.2 Å². The summed E-state index contributed by atoms with van der Waals surface area (Å²) < 4.78 is 2.11. The zero-order valence-corrected chi connectivity index (χ0v) is 17.6. The molecule has 4 nitrogen and oxygen atoms in total. The van der Waals surface area contributed by atoms with Crippen LogP contribution in [-0.2, 0) is 13.1 Å². The molecule has 148 valence electrons. The lowest BCUT2D eigenvalue weighted by atomic mass is 9.86. The molecule has 1 spiro atoms. The maximum atomic E-state index is 4.97. The van der Waals surface area contributed by atoms with Crippen LogP contribution in [0.3, 0.4) is 0 Å². The highest BCUT2D eigenvalue weighted by Gasteiger charge is 2.40. The maximum absolute atomic E-state index is 4.97. The number of nitrogens with one attached hydrogen (secondary N) is 1. The van der Waals surface area contributed by atoms with Crippen molar-refractivity contribution in [2.24, 2.45) is 5.41 Å². The molecule has 3 aromatic rings.